The molecule has 0 aromatic heterocycles. The molecule has 1 aliphatic rings. The van der Waals surface area contributed by atoms with Gasteiger partial charge in [0.15, 0.2) is 0 Å². The molecule has 3 rings (SSSR count). The van der Waals surface area contributed by atoms with Crippen LogP contribution in [0.2, 0.25) is 5.02 Å². The fourth-order valence-corrected chi connectivity index (χ4v) is 3.95. The molecule has 37 heavy (non-hydrogen) atoms. The normalized spacial score (nSPS) is 17.3. The lowest BCUT2D eigenvalue weighted by molar-refractivity contribution is -0.150. The number of carbonyl (C=O) groups excluding carboxylic acids is 3. The molecular weight excluding hydrogens is 515 g/mol. The molecule has 0 saturated heterocycles. The highest BCUT2D eigenvalue weighted by atomic mass is 35.5. The van der Waals surface area contributed by atoms with Gasteiger partial charge >= 0.3 is 18.2 Å². The largest absolute Gasteiger partial charge is 0.465 e. The predicted octanol–water partition coefficient (Wildman–Crippen LogP) is 5.14. The van der Waals surface area contributed by atoms with Crippen LogP contribution in [0, 0.1) is 5.41 Å². The Hall–Kier alpha value is -3.60. The van der Waals surface area contributed by atoms with Crippen molar-refractivity contribution in [2.24, 2.45) is 10.5 Å². The van der Waals surface area contributed by atoms with Crippen molar-refractivity contribution in [2.75, 3.05) is 31.2 Å². The number of rotatable bonds is 7. The van der Waals surface area contributed by atoms with Crippen LogP contribution in [-0.4, -0.2) is 55.0 Å². The minimum atomic E-state index is -4.59. The number of hydrogen-bond donors (Lipinski definition) is 0. The number of ether oxygens (including phenoxy) is 2. The van der Waals surface area contributed by atoms with E-state index in [1.807, 2.05) is 0 Å². The highest BCUT2D eigenvalue weighted by Crippen LogP contribution is 2.34. The summed E-state index contributed by atoms with van der Waals surface area (Å²) in [5.41, 5.74) is -1.36. The van der Waals surface area contributed by atoms with Gasteiger partial charge in [0, 0.05) is 5.02 Å². The van der Waals surface area contributed by atoms with E-state index < -0.39 is 41.7 Å². The van der Waals surface area contributed by atoms with E-state index >= 15 is 0 Å². The van der Waals surface area contributed by atoms with E-state index in [2.05, 4.69) is 5.10 Å². The molecule has 0 spiro atoms. The van der Waals surface area contributed by atoms with Crippen molar-refractivity contribution in [1.29, 1.82) is 0 Å². The Morgan fingerprint density at radius 2 is 1.62 bits per heavy atom. The lowest BCUT2D eigenvalue weighted by atomic mass is 9.82. The summed E-state index contributed by atoms with van der Waals surface area (Å²) in [5, 5.41) is 6.26. The van der Waals surface area contributed by atoms with Gasteiger partial charge in [-0.2, -0.15) is 18.3 Å². The number of esters is 1. The Kier molecular flexibility index (Phi) is 8.47. The highest BCUT2D eigenvalue weighted by molar-refractivity contribution is 6.30. The number of anilines is 1. The molecule has 198 valence electrons. The molecule has 2 aromatic rings. The van der Waals surface area contributed by atoms with Crippen LogP contribution in [0.1, 0.15) is 31.9 Å². The number of carbonyl (C=O) groups is 3. The molecule has 0 saturated carbocycles. The SMILES string of the molecule is CCOC(=O)N(C(=O)CN1CC(C)(C(=O)OCC)C(c2ccc(Cl)cc2)=N1)c1ccc(C(F)(F)F)cc1. The summed E-state index contributed by atoms with van der Waals surface area (Å²) in [5.74, 6) is -1.37. The van der Waals surface area contributed by atoms with E-state index in [-0.39, 0.29) is 25.4 Å². The first-order chi connectivity index (χ1) is 17.4. The number of alkyl halides is 3. The Morgan fingerprint density at radius 3 is 2.16 bits per heavy atom. The zero-order valence-corrected chi connectivity index (χ0v) is 21.1. The van der Waals surface area contributed by atoms with Crippen LogP contribution in [0.4, 0.5) is 23.7 Å². The van der Waals surface area contributed by atoms with Crippen LogP contribution in [0.3, 0.4) is 0 Å². The van der Waals surface area contributed by atoms with Gasteiger partial charge < -0.3 is 9.47 Å². The average molecular weight is 540 g/mol. The molecule has 2 aromatic carbocycles. The first-order valence-corrected chi connectivity index (χ1v) is 11.7. The molecule has 0 N–H and O–H groups in total. The Morgan fingerprint density at radius 1 is 1.03 bits per heavy atom. The lowest BCUT2D eigenvalue weighted by Crippen LogP contribution is -2.45. The summed E-state index contributed by atoms with van der Waals surface area (Å²) in [6.07, 6.45) is -5.64. The number of benzene rings is 2. The fraction of sp³-hybridized carbons (Fsp3) is 0.360. The Labute approximate surface area is 216 Å². The first kappa shape index (κ1) is 28.0. The van der Waals surface area contributed by atoms with Gasteiger partial charge in [-0.15, -0.1) is 0 Å². The molecule has 0 fully saturated rings. The maximum atomic E-state index is 13.3. The second-order valence-corrected chi connectivity index (χ2v) is 8.74. The summed E-state index contributed by atoms with van der Waals surface area (Å²) in [6.45, 7) is 4.38. The third kappa shape index (κ3) is 6.22. The molecule has 0 radical (unpaired) electrons. The van der Waals surface area contributed by atoms with Gasteiger partial charge in [0.1, 0.15) is 12.0 Å². The maximum Gasteiger partial charge on any atom is 0.421 e. The molecular formula is C25H25ClF3N3O5. The number of amides is 2. The van der Waals surface area contributed by atoms with Gasteiger partial charge in [0.05, 0.1) is 36.7 Å². The third-order valence-corrected chi connectivity index (χ3v) is 5.83. The van der Waals surface area contributed by atoms with Gasteiger partial charge in [-0.1, -0.05) is 23.7 Å². The Bertz CT molecular complexity index is 1190. The molecule has 12 heteroatoms. The van der Waals surface area contributed by atoms with Crippen LogP contribution < -0.4 is 4.90 Å². The zero-order valence-electron chi connectivity index (χ0n) is 20.3. The summed E-state index contributed by atoms with van der Waals surface area (Å²) < 4.78 is 49.2. The fourth-order valence-electron chi connectivity index (χ4n) is 3.82. The first-order valence-electron chi connectivity index (χ1n) is 11.3. The molecule has 0 aliphatic carbocycles. The highest BCUT2D eigenvalue weighted by Gasteiger charge is 2.47. The number of nitrogens with zero attached hydrogens (tertiary/aromatic N) is 3. The van der Waals surface area contributed by atoms with Crippen LogP contribution in [0.15, 0.2) is 53.6 Å². The number of hydrogen-bond acceptors (Lipinski definition) is 7. The van der Waals surface area contributed by atoms with Crippen molar-refractivity contribution in [1.82, 2.24) is 5.01 Å². The summed E-state index contributed by atoms with van der Waals surface area (Å²) >= 11 is 5.98. The monoisotopic (exact) mass is 539 g/mol. The maximum absolute atomic E-state index is 13.3. The summed E-state index contributed by atoms with van der Waals surface area (Å²) in [4.78, 5) is 39.4. The molecule has 2 amide bonds. The molecule has 1 heterocycles. The van der Waals surface area contributed by atoms with Crippen molar-refractivity contribution in [3.63, 3.8) is 0 Å². The summed E-state index contributed by atoms with van der Waals surface area (Å²) in [7, 11) is 0. The van der Waals surface area contributed by atoms with Crippen molar-refractivity contribution in [3.8, 4) is 0 Å². The number of hydrazone groups is 1. The van der Waals surface area contributed by atoms with Gasteiger partial charge in [-0.3, -0.25) is 14.6 Å². The standard InChI is InChI=1S/C25H25ClF3N3O5/c1-4-36-22(34)24(3)15-31(30-21(24)16-6-10-18(26)11-7-16)14-20(33)32(23(35)37-5-2)19-12-8-17(9-13-19)25(27,28)29/h6-13H,4-5,14-15H2,1-3H3. The van der Waals surface area contributed by atoms with Gasteiger partial charge in [-0.05, 0) is 62.7 Å². The van der Waals surface area contributed by atoms with Crippen LogP contribution in [-0.2, 0) is 25.2 Å². The zero-order chi connectivity index (χ0) is 27.4. The van der Waals surface area contributed by atoms with Crippen LogP contribution in [0.25, 0.3) is 0 Å². The van der Waals surface area contributed by atoms with E-state index in [9.17, 15) is 27.6 Å². The van der Waals surface area contributed by atoms with E-state index in [0.29, 0.717) is 21.2 Å². The van der Waals surface area contributed by atoms with Crippen molar-refractivity contribution >= 4 is 41.0 Å². The molecule has 8 nitrogen and oxygen atoms in total. The van der Waals surface area contributed by atoms with E-state index in [1.165, 1.54) is 11.9 Å². The van der Waals surface area contributed by atoms with Crippen molar-refractivity contribution < 1.29 is 37.0 Å². The quantitative estimate of drug-likeness (QED) is 0.453. The van der Waals surface area contributed by atoms with Crippen molar-refractivity contribution in [3.05, 3.63) is 64.7 Å². The Balaban J connectivity index is 1.93. The molecule has 1 atom stereocenters. The summed E-state index contributed by atoms with van der Waals surface area (Å²) in [6, 6.07) is 10.2. The second kappa shape index (κ2) is 11.2. The third-order valence-electron chi connectivity index (χ3n) is 5.58. The molecule has 1 aliphatic heterocycles. The topological polar surface area (TPSA) is 88.5 Å². The van der Waals surface area contributed by atoms with Crippen LogP contribution >= 0.6 is 11.6 Å². The van der Waals surface area contributed by atoms with E-state index in [0.717, 1.165) is 24.3 Å². The van der Waals surface area contributed by atoms with E-state index in [4.69, 9.17) is 21.1 Å². The second-order valence-electron chi connectivity index (χ2n) is 8.30. The van der Waals surface area contributed by atoms with Crippen molar-refractivity contribution in [2.45, 2.75) is 26.9 Å². The predicted molar refractivity (Wildman–Crippen MR) is 130 cm³/mol. The smallest absolute Gasteiger partial charge is 0.421 e. The van der Waals surface area contributed by atoms with Gasteiger partial charge in [-0.25, -0.2) is 9.69 Å². The van der Waals surface area contributed by atoms with E-state index in [1.54, 1.807) is 38.1 Å². The van der Waals surface area contributed by atoms with Gasteiger partial charge in [0.25, 0.3) is 5.91 Å². The minimum Gasteiger partial charge on any atom is -0.465 e. The molecule has 0 bridgehead atoms. The lowest BCUT2D eigenvalue weighted by Gasteiger charge is -2.26. The van der Waals surface area contributed by atoms with Crippen LogP contribution in [0.5, 0.6) is 0 Å². The number of halogens is 4. The molecule has 1 unspecified atom stereocenters. The average Bonchev–Trinajstić information content (AvgIpc) is 3.17. The number of imide groups is 1. The minimum absolute atomic E-state index is 0.0425. The van der Waals surface area contributed by atoms with Gasteiger partial charge in [0.2, 0.25) is 0 Å².